The van der Waals surface area contributed by atoms with Gasteiger partial charge in [0.25, 0.3) is 5.91 Å². The average Bonchev–Trinajstić information content (AvgIpc) is 2.95. The number of carbonyl (C=O) groups excluding carboxylic acids is 2. The second kappa shape index (κ2) is 4.72. The van der Waals surface area contributed by atoms with Crippen LogP contribution in [0.5, 0.6) is 0 Å². The molecule has 1 aromatic rings. The molecule has 2 atom stereocenters. The maximum Gasteiger partial charge on any atom is 0.332 e. The number of imide groups is 1. The second-order valence-corrected chi connectivity index (χ2v) is 5.51. The molecule has 1 unspecified atom stereocenters. The van der Waals surface area contributed by atoms with Gasteiger partial charge in [0.1, 0.15) is 12.1 Å². The fraction of sp³-hybridized carbons (Fsp3) is 0.357. The van der Waals surface area contributed by atoms with E-state index in [1.165, 1.54) is 17.0 Å². The van der Waals surface area contributed by atoms with Gasteiger partial charge in [-0.2, -0.15) is 5.26 Å². The lowest BCUT2D eigenvalue weighted by atomic mass is 10.1. The number of nitriles is 1. The summed E-state index contributed by atoms with van der Waals surface area (Å²) in [7, 11) is 0. The monoisotopic (exact) mass is 305 g/mol. The molecule has 3 rings (SSSR count). The van der Waals surface area contributed by atoms with E-state index >= 15 is 0 Å². The number of amides is 3. The SMILES string of the molecule is Cc1c(N2C(=O)C3[C@@H](O)CCN3C2=O)ccc(C#N)c1Cl. The van der Waals surface area contributed by atoms with Gasteiger partial charge >= 0.3 is 6.03 Å². The number of hydrogen-bond acceptors (Lipinski definition) is 4. The fourth-order valence-electron chi connectivity index (χ4n) is 2.87. The number of hydrogen-bond donors (Lipinski definition) is 1. The molecule has 21 heavy (non-hydrogen) atoms. The van der Waals surface area contributed by atoms with Crippen LogP contribution in [-0.2, 0) is 4.79 Å². The fourth-order valence-corrected chi connectivity index (χ4v) is 3.07. The molecule has 0 bridgehead atoms. The number of rotatable bonds is 1. The van der Waals surface area contributed by atoms with E-state index < -0.39 is 24.1 Å². The summed E-state index contributed by atoms with van der Waals surface area (Å²) < 4.78 is 0. The van der Waals surface area contributed by atoms with Gasteiger partial charge in [-0.3, -0.25) is 4.79 Å². The highest BCUT2D eigenvalue weighted by Gasteiger charge is 2.52. The van der Waals surface area contributed by atoms with Crippen molar-refractivity contribution in [3.8, 4) is 6.07 Å². The first-order chi connectivity index (χ1) is 9.97. The highest BCUT2D eigenvalue weighted by Crippen LogP contribution is 2.36. The van der Waals surface area contributed by atoms with Crippen molar-refractivity contribution in [1.82, 2.24) is 4.90 Å². The van der Waals surface area contributed by atoms with E-state index in [9.17, 15) is 14.7 Å². The van der Waals surface area contributed by atoms with Crippen molar-refractivity contribution in [2.45, 2.75) is 25.5 Å². The summed E-state index contributed by atoms with van der Waals surface area (Å²) in [5.74, 6) is -0.450. The van der Waals surface area contributed by atoms with Gasteiger partial charge in [-0.15, -0.1) is 0 Å². The lowest BCUT2D eigenvalue weighted by Gasteiger charge is -2.18. The van der Waals surface area contributed by atoms with Crippen LogP contribution in [0.4, 0.5) is 10.5 Å². The summed E-state index contributed by atoms with van der Waals surface area (Å²) in [5.41, 5.74) is 1.14. The Balaban J connectivity index is 2.07. The van der Waals surface area contributed by atoms with Crippen molar-refractivity contribution in [2.75, 3.05) is 11.4 Å². The smallest absolute Gasteiger partial charge is 0.332 e. The lowest BCUT2D eigenvalue weighted by Crippen LogP contribution is -2.36. The minimum absolute atomic E-state index is 0.225. The average molecular weight is 306 g/mol. The Morgan fingerprint density at radius 1 is 1.43 bits per heavy atom. The lowest BCUT2D eigenvalue weighted by molar-refractivity contribution is -0.121. The van der Waals surface area contributed by atoms with E-state index in [-0.39, 0.29) is 10.6 Å². The van der Waals surface area contributed by atoms with Crippen molar-refractivity contribution in [1.29, 1.82) is 5.26 Å². The van der Waals surface area contributed by atoms with Crippen LogP contribution >= 0.6 is 11.6 Å². The summed E-state index contributed by atoms with van der Waals surface area (Å²) in [4.78, 5) is 27.2. The van der Waals surface area contributed by atoms with Crippen molar-refractivity contribution < 1.29 is 14.7 Å². The van der Waals surface area contributed by atoms with Crippen LogP contribution in [0.1, 0.15) is 17.5 Å². The van der Waals surface area contributed by atoms with Gasteiger partial charge in [0.15, 0.2) is 0 Å². The third kappa shape index (κ3) is 1.82. The molecule has 108 valence electrons. The molecule has 0 radical (unpaired) electrons. The Morgan fingerprint density at radius 3 is 2.76 bits per heavy atom. The molecule has 2 fully saturated rings. The number of halogens is 1. The molecule has 0 aromatic heterocycles. The first-order valence-electron chi connectivity index (χ1n) is 6.49. The number of nitrogens with zero attached hydrogens (tertiary/aromatic N) is 3. The predicted molar refractivity (Wildman–Crippen MR) is 74.9 cm³/mol. The van der Waals surface area contributed by atoms with E-state index in [4.69, 9.17) is 16.9 Å². The first-order valence-corrected chi connectivity index (χ1v) is 6.87. The Kier molecular flexibility index (Phi) is 3.12. The third-order valence-electron chi connectivity index (χ3n) is 4.00. The number of anilines is 1. The van der Waals surface area contributed by atoms with Crippen LogP contribution in [0, 0.1) is 18.3 Å². The van der Waals surface area contributed by atoms with Crippen LogP contribution in [0.25, 0.3) is 0 Å². The van der Waals surface area contributed by atoms with Gasteiger partial charge in [-0.05, 0) is 31.0 Å². The van der Waals surface area contributed by atoms with Gasteiger partial charge in [-0.25, -0.2) is 9.69 Å². The molecule has 0 saturated carbocycles. The molecule has 2 saturated heterocycles. The number of aliphatic hydroxyl groups excluding tert-OH is 1. The van der Waals surface area contributed by atoms with E-state index in [2.05, 4.69) is 0 Å². The highest BCUT2D eigenvalue weighted by molar-refractivity contribution is 6.33. The quantitative estimate of drug-likeness (QED) is 0.795. The third-order valence-corrected chi connectivity index (χ3v) is 4.48. The van der Waals surface area contributed by atoms with Gasteiger partial charge < -0.3 is 10.0 Å². The molecule has 2 aliphatic rings. The van der Waals surface area contributed by atoms with E-state index in [1.54, 1.807) is 6.92 Å². The Hall–Kier alpha value is -2.10. The standard InChI is InChI=1S/C14H12ClN3O3/c1-7-9(3-2-8(6-16)11(7)15)18-13(20)12-10(19)4-5-17(12)14(18)21/h2-3,10,12,19H,4-5H2,1H3/t10-,12?/m0/s1. The number of benzene rings is 1. The molecular formula is C14H12ClN3O3. The molecule has 0 aliphatic carbocycles. The van der Waals surface area contributed by atoms with E-state index in [0.29, 0.717) is 24.2 Å². The molecular weight excluding hydrogens is 294 g/mol. The molecule has 6 nitrogen and oxygen atoms in total. The highest BCUT2D eigenvalue weighted by atomic mass is 35.5. The molecule has 3 amide bonds. The number of fused-ring (bicyclic) bond motifs is 1. The second-order valence-electron chi connectivity index (χ2n) is 5.13. The first kappa shape index (κ1) is 13.9. The van der Waals surface area contributed by atoms with Gasteiger partial charge in [0, 0.05) is 6.54 Å². The Labute approximate surface area is 126 Å². The minimum Gasteiger partial charge on any atom is -0.390 e. The van der Waals surface area contributed by atoms with Crippen LogP contribution in [0.15, 0.2) is 12.1 Å². The normalized spacial score (nSPS) is 24.5. The van der Waals surface area contributed by atoms with Gasteiger partial charge in [0.05, 0.1) is 22.4 Å². The predicted octanol–water partition coefficient (Wildman–Crippen LogP) is 1.42. The van der Waals surface area contributed by atoms with Gasteiger partial charge in [-0.1, -0.05) is 11.6 Å². The van der Waals surface area contributed by atoms with Crippen molar-refractivity contribution >= 4 is 29.2 Å². The number of urea groups is 1. The van der Waals surface area contributed by atoms with Crippen LogP contribution in [-0.4, -0.2) is 40.6 Å². The molecule has 1 aromatic carbocycles. The minimum atomic E-state index is -0.833. The Morgan fingerprint density at radius 2 is 2.14 bits per heavy atom. The number of aliphatic hydroxyl groups is 1. The van der Waals surface area contributed by atoms with Crippen LogP contribution in [0.2, 0.25) is 5.02 Å². The zero-order valence-corrected chi connectivity index (χ0v) is 12.0. The van der Waals surface area contributed by atoms with Crippen LogP contribution in [0.3, 0.4) is 0 Å². The van der Waals surface area contributed by atoms with Gasteiger partial charge in [0.2, 0.25) is 0 Å². The summed E-state index contributed by atoms with van der Waals surface area (Å²) >= 11 is 6.09. The van der Waals surface area contributed by atoms with E-state index in [0.717, 1.165) is 4.90 Å². The van der Waals surface area contributed by atoms with Crippen molar-refractivity contribution in [3.63, 3.8) is 0 Å². The molecule has 7 heteroatoms. The van der Waals surface area contributed by atoms with Crippen molar-refractivity contribution in [2.24, 2.45) is 0 Å². The molecule has 0 spiro atoms. The molecule has 2 heterocycles. The topological polar surface area (TPSA) is 84.6 Å². The Bertz CT molecular complexity index is 697. The summed E-state index contributed by atoms with van der Waals surface area (Å²) in [6.45, 7) is 2.01. The largest absolute Gasteiger partial charge is 0.390 e. The summed E-state index contributed by atoms with van der Waals surface area (Å²) in [5, 5.41) is 19.0. The molecule has 2 aliphatic heterocycles. The van der Waals surface area contributed by atoms with E-state index in [1.807, 2.05) is 6.07 Å². The maximum atomic E-state index is 12.4. The summed E-state index contributed by atoms with van der Waals surface area (Å²) in [6.07, 6.45) is -0.427. The van der Waals surface area contributed by atoms with Crippen molar-refractivity contribution in [3.05, 3.63) is 28.3 Å². The summed E-state index contributed by atoms with van der Waals surface area (Å²) in [6, 6.07) is 3.69. The number of carbonyl (C=O) groups is 2. The zero-order chi connectivity index (χ0) is 15.3. The van der Waals surface area contributed by atoms with Crippen LogP contribution < -0.4 is 4.90 Å². The molecule has 1 N–H and O–H groups in total. The maximum absolute atomic E-state index is 12.4. The zero-order valence-electron chi connectivity index (χ0n) is 11.2.